The van der Waals surface area contributed by atoms with Gasteiger partial charge in [0, 0.05) is 38.0 Å². The molecule has 0 aliphatic carbocycles. The third-order valence-electron chi connectivity index (χ3n) is 4.87. The van der Waals surface area contributed by atoms with E-state index in [1.165, 1.54) is 0 Å². The first-order valence-electron chi connectivity index (χ1n) is 9.21. The number of hydrogen-bond acceptors (Lipinski definition) is 5. The number of benzene rings is 1. The topological polar surface area (TPSA) is 73.4 Å². The minimum Gasteiger partial charge on any atom is -0.383 e. The Morgan fingerprint density at radius 2 is 2.11 bits per heavy atom. The highest BCUT2D eigenvalue weighted by molar-refractivity contribution is 5.92. The molecule has 2 aromatic heterocycles. The van der Waals surface area contributed by atoms with Gasteiger partial charge in [-0.3, -0.25) is 9.48 Å². The van der Waals surface area contributed by atoms with Gasteiger partial charge in [0.2, 0.25) is 5.76 Å². The van der Waals surface area contributed by atoms with E-state index >= 15 is 0 Å². The van der Waals surface area contributed by atoms with Crippen molar-refractivity contribution in [2.24, 2.45) is 7.05 Å². The standard InChI is InChI=1S/C21H26N4O3/c1-14-7-6-8-17(9-14)12-25(15(2)13-27-5)21(26)20-10-19(23-28-20)18-11-22-24(4)16(18)3/h6-11,15H,12-13H2,1-5H3/t15-/m1/s1. The Bertz CT molecular complexity index is 960. The highest BCUT2D eigenvalue weighted by Crippen LogP contribution is 2.24. The molecular weight excluding hydrogens is 356 g/mol. The maximum absolute atomic E-state index is 13.2. The van der Waals surface area contributed by atoms with Gasteiger partial charge in [-0.05, 0) is 26.3 Å². The fraction of sp³-hybridized carbons (Fsp3) is 0.381. The van der Waals surface area contributed by atoms with Crippen LogP contribution in [0, 0.1) is 13.8 Å². The van der Waals surface area contributed by atoms with E-state index in [2.05, 4.69) is 16.3 Å². The molecule has 0 spiro atoms. The number of aromatic nitrogens is 3. The van der Waals surface area contributed by atoms with Crippen LogP contribution in [0.15, 0.2) is 41.1 Å². The molecule has 2 heterocycles. The van der Waals surface area contributed by atoms with Gasteiger partial charge in [0.25, 0.3) is 5.91 Å². The van der Waals surface area contributed by atoms with Crippen LogP contribution in [0.2, 0.25) is 0 Å². The largest absolute Gasteiger partial charge is 0.383 e. The fourth-order valence-corrected chi connectivity index (χ4v) is 3.16. The van der Waals surface area contributed by atoms with E-state index in [-0.39, 0.29) is 17.7 Å². The van der Waals surface area contributed by atoms with Crippen molar-refractivity contribution in [3.63, 3.8) is 0 Å². The second-order valence-corrected chi connectivity index (χ2v) is 7.07. The molecule has 3 aromatic rings. The molecule has 7 nitrogen and oxygen atoms in total. The van der Waals surface area contributed by atoms with Crippen molar-refractivity contribution in [3.05, 3.63) is 59.1 Å². The lowest BCUT2D eigenvalue weighted by molar-refractivity contribution is 0.0504. The average Bonchev–Trinajstić information content (AvgIpc) is 3.27. The van der Waals surface area contributed by atoms with Crippen molar-refractivity contribution in [1.82, 2.24) is 19.8 Å². The SMILES string of the molecule is COC[C@@H](C)N(Cc1cccc(C)c1)C(=O)c1cc(-c2cnn(C)c2C)no1. The Morgan fingerprint density at radius 3 is 2.75 bits per heavy atom. The van der Waals surface area contributed by atoms with Gasteiger partial charge in [-0.1, -0.05) is 35.0 Å². The summed E-state index contributed by atoms with van der Waals surface area (Å²) in [5, 5.41) is 8.31. The van der Waals surface area contributed by atoms with E-state index in [0.717, 1.165) is 22.4 Å². The summed E-state index contributed by atoms with van der Waals surface area (Å²) in [7, 11) is 3.49. The first-order valence-corrected chi connectivity index (χ1v) is 9.21. The molecule has 0 aliphatic rings. The van der Waals surface area contributed by atoms with Crippen LogP contribution >= 0.6 is 0 Å². The monoisotopic (exact) mass is 382 g/mol. The number of carbonyl (C=O) groups excluding carboxylic acids is 1. The minimum absolute atomic E-state index is 0.119. The molecule has 7 heteroatoms. The van der Waals surface area contributed by atoms with Crippen molar-refractivity contribution in [3.8, 4) is 11.3 Å². The van der Waals surface area contributed by atoms with Crippen LogP contribution < -0.4 is 0 Å². The van der Waals surface area contributed by atoms with Crippen LogP contribution in [0.4, 0.5) is 0 Å². The summed E-state index contributed by atoms with van der Waals surface area (Å²) in [6.45, 7) is 6.84. The lowest BCUT2D eigenvalue weighted by atomic mass is 10.1. The van der Waals surface area contributed by atoms with Gasteiger partial charge in [0.15, 0.2) is 0 Å². The van der Waals surface area contributed by atoms with Crippen LogP contribution in [0.5, 0.6) is 0 Å². The zero-order valence-electron chi connectivity index (χ0n) is 17.0. The molecule has 148 valence electrons. The summed E-state index contributed by atoms with van der Waals surface area (Å²) in [4.78, 5) is 14.9. The normalized spacial score (nSPS) is 12.2. The number of rotatable bonds is 7. The summed E-state index contributed by atoms with van der Waals surface area (Å²) in [5.74, 6) is -0.0137. The van der Waals surface area contributed by atoms with Crippen LogP contribution in [0.3, 0.4) is 0 Å². The van der Waals surface area contributed by atoms with Crippen LogP contribution in [0.25, 0.3) is 11.3 Å². The summed E-state index contributed by atoms with van der Waals surface area (Å²) in [6.07, 6.45) is 1.72. The van der Waals surface area contributed by atoms with E-state index in [9.17, 15) is 4.79 Å². The lowest BCUT2D eigenvalue weighted by Crippen LogP contribution is -2.40. The molecular formula is C21H26N4O3. The van der Waals surface area contributed by atoms with E-state index in [1.54, 1.807) is 29.0 Å². The number of carbonyl (C=O) groups is 1. The molecule has 0 N–H and O–H groups in total. The van der Waals surface area contributed by atoms with E-state index in [1.807, 2.05) is 46.0 Å². The van der Waals surface area contributed by atoms with E-state index in [4.69, 9.17) is 9.26 Å². The molecule has 0 saturated carbocycles. The Morgan fingerprint density at radius 1 is 1.32 bits per heavy atom. The lowest BCUT2D eigenvalue weighted by Gasteiger charge is -2.28. The van der Waals surface area contributed by atoms with Crippen LogP contribution in [-0.2, 0) is 18.3 Å². The smallest absolute Gasteiger partial charge is 0.293 e. The van der Waals surface area contributed by atoms with E-state index < -0.39 is 0 Å². The summed E-state index contributed by atoms with van der Waals surface area (Å²) in [6, 6.07) is 9.67. The molecule has 0 aliphatic heterocycles. The zero-order valence-corrected chi connectivity index (χ0v) is 17.0. The summed E-state index contributed by atoms with van der Waals surface area (Å²) < 4.78 is 12.4. The molecule has 0 radical (unpaired) electrons. The van der Waals surface area contributed by atoms with Crippen molar-refractivity contribution >= 4 is 5.91 Å². The summed E-state index contributed by atoms with van der Waals surface area (Å²) >= 11 is 0. The van der Waals surface area contributed by atoms with Gasteiger partial charge in [-0.25, -0.2) is 0 Å². The maximum atomic E-state index is 13.2. The van der Waals surface area contributed by atoms with Gasteiger partial charge in [0.1, 0.15) is 5.69 Å². The van der Waals surface area contributed by atoms with Gasteiger partial charge >= 0.3 is 0 Å². The van der Waals surface area contributed by atoms with E-state index in [0.29, 0.717) is 18.8 Å². The number of nitrogens with zero attached hydrogens (tertiary/aromatic N) is 4. The second kappa shape index (κ2) is 8.39. The summed E-state index contributed by atoms with van der Waals surface area (Å²) in [5.41, 5.74) is 4.61. The zero-order chi connectivity index (χ0) is 20.3. The van der Waals surface area contributed by atoms with Crippen molar-refractivity contribution in [1.29, 1.82) is 0 Å². The second-order valence-electron chi connectivity index (χ2n) is 7.07. The number of amides is 1. The molecule has 28 heavy (non-hydrogen) atoms. The molecule has 1 aromatic carbocycles. The van der Waals surface area contributed by atoms with Gasteiger partial charge in [0.05, 0.1) is 18.8 Å². The third-order valence-corrected chi connectivity index (χ3v) is 4.87. The highest BCUT2D eigenvalue weighted by atomic mass is 16.5. The number of hydrogen-bond donors (Lipinski definition) is 0. The predicted octanol–water partition coefficient (Wildman–Crippen LogP) is 3.37. The Balaban J connectivity index is 1.87. The van der Waals surface area contributed by atoms with Gasteiger partial charge < -0.3 is 14.2 Å². The fourth-order valence-electron chi connectivity index (χ4n) is 3.16. The number of ether oxygens (including phenoxy) is 1. The van der Waals surface area contributed by atoms with Crippen molar-refractivity contribution in [2.45, 2.75) is 33.4 Å². The van der Waals surface area contributed by atoms with Gasteiger partial charge in [-0.2, -0.15) is 5.10 Å². The predicted molar refractivity (Wildman–Crippen MR) is 106 cm³/mol. The third kappa shape index (κ3) is 4.14. The molecule has 3 rings (SSSR count). The molecule has 1 amide bonds. The molecule has 0 unspecified atom stereocenters. The maximum Gasteiger partial charge on any atom is 0.293 e. The Kier molecular flexibility index (Phi) is 5.94. The molecule has 1 atom stereocenters. The van der Waals surface area contributed by atoms with Crippen molar-refractivity contribution in [2.75, 3.05) is 13.7 Å². The minimum atomic E-state index is -0.216. The van der Waals surface area contributed by atoms with Crippen LogP contribution in [-0.4, -0.2) is 45.5 Å². The molecule has 0 bridgehead atoms. The first-order chi connectivity index (χ1) is 13.4. The Hall–Kier alpha value is -2.93. The first kappa shape index (κ1) is 19.8. The Labute approximate surface area is 164 Å². The highest BCUT2D eigenvalue weighted by Gasteiger charge is 2.26. The quantitative estimate of drug-likeness (QED) is 0.626. The molecule has 0 fully saturated rings. The van der Waals surface area contributed by atoms with Crippen LogP contribution in [0.1, 0.15) is 34.3 Å². The van der Waals surface area contributed by atoms with Crippen molar-refractivity contribution < 1.29 is 14.1 Å². The number of aryl methyl sites for hydroxylation is 2. The van der Waals surface area contributed by atoms with Gasteiger partial charge in [-0.15, -0.1) is 0 Å². The molecule has 0 saturated heterocycles. The number of methoxy groups -OCH3 is 1. The average molecular weight is 382 g/mol.